The van der Waals surface area contributed by atoms with Crippen LogP contribution in [0.1, 0.15) is 5.56 Å². The first-order valence-corrected chi connectivity index (χ1v) is 6.41. The number of fused-ring (bicyclic) bond motifs is 1. The van der Waals surface area contributed by atoms with E-state index in [1.54, 1.807) is 0 Å². The van der Waals surface area contributed by atoms with Crippen LogP contribution >= 0.6 is 0 Å². The van der Waals surface area contributed by atoms with Crippen molar-refractivity contribution >= 4 is 16.6 Å². The van der Waals surface area contributed by atoms with Crippen molar-refractivity contribution in [3.63, 3.8) is 0 Å². The highest BCUT2D eigenvalue weighted by molar-refractivity contribution is 5.85. The quantitative estimate of drug-likeness (QED) is 0.733. The van der Waals surface area contributed by atoms with Crippen LogP contribution in [0, 0.1) is 6.92 Å². The van der Waals surface area contributed by atoms with Crippen LogP contribution in [0.25, 0.3) is 22.0 Å². The van der Waals surface area contributed by atoms with Crippen molar-refractivity contribution in [3.8, 4) is 11.1 Å². The predicted molar refractivity (Wildman–Crippen MR) is 81.5 cm³/mol. The molecule has 0 aliphatic heterocycles. The molecule has 0 radical (unpaired) electrons. The van der Waals surface area contributed by atoms with Crippen LogP contribution in [-0.4, -0.2) is 12.0 Å². The molecule has 94 valence electrons. The van der Waals surface area contributed by atoms with E-state index in [1.807, 2.05) is 13.2 Å². The largest absolute Gasteiger partial charge is 0.388 e. The summed E-state index contributed by atoms with van der Waals surface area (Å²) >= 11 is 0. The Hall–Kier alpha value is -2.35. The van der Waals surface area contributed by atoms with Crippen molar-refractivity contribution in [1.29, 1.82) is 0 Å². The van der Waals surface area contributed by atoms with Crippen molar-refractivity contribution in [1.82, 2.24) is 4.98 Å². The van der Waals surface area contributed by atoms with Gasteiger partial charge in [-0.2, -0.15) is 0 Å². The second-order valence-corrected chi connectivity index (χ2v) is 4.75. The molecular formula is C17H16N2. The minimum absolute atomic E-state index is 1.04. The van der Waals surface area contributed by atoms with E-state index in [2.05, 4.69) is 65.8 Å². The lowest BCUT2D eigenvalue weighted by atomic mass is 10.0. The number of nitrogens with zero attached hydrogens (tertiary/aromatic N) is 1. The zero-order chi connectivity index (χ0) is 13.2. The second kappa shape index (κ2) is 4.73. The zero-order valence-corrected chi connectivity index (χ0v) is 11.1. The van der Waals surface area contributed by atoms with Crippen LogP contribution in [0.2, 0.25) is 0 Å². The molecule has 3 rings (SSSR count). The maximum absolute atomic E-state index is 4.44. The molecule has 0 aliphatic rings. The van der Waals surface area contributed by atoms with Crippen molar-refractivity contribution in [3.05, 3.63) is 60.3 Å². The number of anilines is 1. The number of pyridine rings is 1. The van der Waals surface area contributed by atoms with Crippen LogP contribution in [0.15, 0.2) is 54.7 Å². The summed E-state index contributed by atoms with van der Waals surface area (Å²) in [5.41, 5.74) is 5.79. The molecule has 19 heavy (non-hydrogen) atoms. The monoisotopic (exact) mass is 248 g/mol. The highest BCUT2D eigenvalue weighted by Crippen LogP contribution is 2.26. The smallest absolute Gasteiger partial charge is 0.0702 e. The molecule has 0 atom stereocenters. The number of aryl methyl sites for hydroxylation is 1. The summed E-state index contributed by atoms with van der Waals surface area (Å²) in [7, 11) is 1.94. The molecule has 0 saturated carbocycles. The molecule has 0 unspecified atom stereocenters. The molecule has 2 aromatic carbocycles. The summed E-state index contributed by atoms with van der Waals surface area (Å²) in [5, 5.41) is 4.36. The van der Waals surface area contributed by atoms with E-state index in [1.165, 1.54) is 22.1 Å². The van der Waals surface area contributed by atoms with Crippen LogP contribution in [-0.2, 0) is 0 Å². The van der Waals surface area contributed by atoms with Crippen molar-refractivity contribution in [2.24, 2.45) is 0 Å². The molecule has 0 aliphatic carbocycles. The maximum atomic E-state index is 4.44. The van der Waals surface area contributed by atoms with Gasteiger partial charge in [-0.3, -0.25) is 4.98 Å². The average molecular weight is 248 g/mol. The Kier molecular flexibility index (Phi) is 2.92. The van der Waals surface area contributed by atoms with Gasteiger partial charge >= 0.3 is 0 Å². The molecule has 2 heteroatoms. The Balaban J connectivity index is 2.13. The molecule has 0 bridgehead atoms. The molecule has 1 N–H and O–H groups in total. The van der Waals surface area contributed by atoms with Gasteiger partial charge in [-0.1, -0.05) is 18.2 Å². The van der Waals surface area contributed by atoms with Gasteiger partial charge in [0.1, 0.15) is 0 Å². The maximum Gasteiger partial charge on any atom is 0.0702 e. The number of aromatic nitrogens is 1. The SMILES string of the molecule is CNc1cccc(-c2ccc3ncc(C)cc3c2)c1. The molecule has 0 spiro atoms. The predicted octanol–water partition coefficient (Wildman–Crippen LogP) is 4.25. The fraction of sp³-hybridized carbons (Fsp3) is 0.118. The van der Waals surface area contributed by atoms with E-state index >= 15 is 0 Å². The average Bonchev–Trinajstić information content (AvgIpc) is 2.46. The highest BCUT2D eigenvalue weighted by atomic mass is 14.8. The lowest BCUT2D eigenvalue weighted by Crippen LogP contribution is -1.88. The number of nitrogens with one attached hydrogen (secondary N) is 1. The molecule has 0 saturated heterocycles. The third kappa shape index (κ3) is 2.29. The van der Waals surface area contributed by atoms with Gasteiger partial charge in [-0.15, -0.1) is 0 Å². The van der Waals surface area contributed by atoms with E-state index in [4.69, 9.17) is 0 Å². The van der Waals surface area contributed by atoms with E-state index in [9.17, 15) is 0 Å². The number of rotatable bonds is 2. The van der Waals surface area contributed by atoms with E-state index in [0.29, 0.717) is 0 Å². The fourth-order valence-corrected chi connectivity index (χ4v) is 2.28. The van der Waals surface area contributed by atoms with Crippen LogP contribution in [0.3, 0.4) is 0 Å². The first-order valence-electron chi connectivity index (χ1n) is 6.41. The molecule has 1 aromatic heterocycles. The van der Waals surface area contributed by atoms with Gasteiger partial charge in [0.05, 0.1) is 5.52 Å². The van der Waals surface area contributed by atoms with E-state index < -0.39 is 0 Å². The second-order valence-electron chi connectivity index (χ2n) is 4.75. The van der Waals surface area contributed by atoms with Gasteiger partial charge in [0, 0.05) is 24.3 Å². The Morgan fingerprint density at radius 2 is 1.79 bits per heavy atom. The standard InChI is InChI=1S/C17H16N2/c1-12-8-15-9-14(6-7-17(15)19-11-12)13-4-3-5-16(10-13)18-2/h3-11,18H,1-2H3. The minimum atomic E-state index is 1.04. The van der Waals surface area contributed by atoms with E-state index in [-0.39, 0.29) is 0 Å². The van der Waals surface area contributed by atoms with Gasteiger partial charge in [0.15, 0.2) is 0 Å². The van der Waals surface area contributed by atoms with Crippen LogP contribution < -0.4 is 5.32 Å². The Bertz CT molecular complexity index is 732. The highest BCUT2D eigenvalue weighted by Gasteiger charge is 2.01. The molecule has 1 heterocycles. The summed E-state index contributed by atoms with van der Waals surface area (Å²) < 4.78 is 0. The summed E-state index contributed by atoms with van der Waals surface area (Å²) in [6, 6.07) is 17.0. The Labute approximate surface area is 113 Å². The first kappa shape index (κ1) is 11.7. The zero-order valence-electron chi connectivity index (χ0n) is 11.1. The van der Waals surface area contributed by atoms with Gasteiger partial charge in [-0.25, -0.2) is 0 Å². The molecule has 0 fully saturated rings. The number of hydrogen-bond donors (Lipinski definition) is 1. The Morgan fingerprint density at radius 1 is 0.947 bits per heavy atom. The lowest BCUT2D eigenvalue weighted by Gasteiger charge is -2.07. The first-order chi connectivity index (χ1) is 9.26. The summed E-state index contributed by atoms with van der Waals surface area (Å²) in [4.78, 5) is 4.44. The Morgan fingerprint density at radius 3 is 2.63 bits per heavy atom. The molecule has 3 aromatic rings. The molecule has 0 amide bonds. The van der Waals surface area contributed by atoms with Gasteiger partial charge in [-0.05, 0) is 53.9 Å². The van der Waals surface area contributed by atoms with E-state index in [0.717, 1.165) is 11.2 Å². The normalized spacial score (nSPS) is 10.6. The summed E-state index contributed by atoms with van der Waals surface area (Å²) in [5.74, 6) is 0. The van der Waals surface area contributed by atoms with Crippen molar-refractivity contribution in [2.45, 2.75) is 6.92 Å². The molecular weight excluding hydrogens is 232 g/mol. The summed E-state index contributed by atoms with van der Waals surface area (Å²) in [6.45, 7) is 2.07. The third-order valence-corrected chi connectivity index (χ3v) is 3.30. The van der Waals surface area contributed by atoms with Crippen LogP contribution in [0.4, 0.5) is 5.69 Å². The lowest BCUT2D eigenvalue weighted by molar-refractivity contribution is 1.33. The number of benzene rings is 2. The van der Waals surface area contributed by atoms with Gasteiger partial charge in [0.25, 0.3) is 0 Å². The van der Waals surface area contributed by atoms with Gasteiger partial charge in [0.2, 0.25) is 0 Å². The van der Waals surface area contributed by atoms with Crippen molar-refractivity contribution in [2.75, 3.05) is 12.4 Å². The van der Waals surface area contributed by atoms with Gasteiger partial charge < -0.3 is 5.32 Å². The molecule has 2 nitrogen and oxygen atoms in total. The minimum Gasteiger partial charge on any atom is -0.388 e. The fourth-order valence-electron chi connectivity index (χ4n) is 2.28. The number of hydrogen-bond acceptors (Lipinski definition) is 2. The van der Waals surface area contributed by atoms with Crippen molar-refractivity contribution < 1.29 is 0 Å². The topological polar surface area (TPSA) is 24.9 Å². The third-order valence-electron chi connectivity index (χ3n) is 3.30. The summed E-state index contributed by atoms with van der Waals surface area (Å²) in [6.07, 6.45) is 1.91. The van der Waals surface area contributed by atoms with Crippen LogP contribution in [0.5, 0.6) is 0 Å².